The highest BCUT2D eigenvalue weighted by molar-refractivity contribution is 5.34. The fraction of sp³-hybridized carbons (Fsp3) is 0.375. The lowest BCUT2D eigenvalue weighted by Crippen LogP contribution is -2.20. The van der Waals surface area contributed by atoms with E-state index < -0.39 is 6.10 Å². The maximum absolute atomic E-state index is 10.6. The maximum atomic E-state index is 10.6. The number of benzene rings is 1. The van der Waals surface area contributed by atoms with Gasteiger partial charge in [-0.25, -0.2) is 0 Å². The quantitative estimate of drug-likeness (QED) is 0.880. The minimum absolute atomic E-state index is 0.194. The number of rotatable bonds is 5. The van der Waals surface area contributed by atoms with Crippen molar-refractivity contribution in [3.8, 4) is 5.75 Å². The van der Waals surface area contributed by atoms with Crippen molar-refractivity contribution in [1.29, 1.82) is 0 Å². The van der Waals surface area contributed by atoms with Crippen molar-refractivity contribution in [2.45, 2.75) is 25.9 Å². The van der Waals surface area contributed by atoms with Crippen molar-refractivity contribution >= 4 is 0 Å². The molecule has 1 aromatic carbocycles. The van der Waals surface area contributed by atoms with E-state index in [1.54, 1.807) is 7.11 Å². The molecule has 2 rings (SSSR count). The van der Waals surface area contributed by atoms with Crippen LogP contribution in [0.1, 0.15) is 34.7 Å². The summed E-state index contributed by atoms with van der Waals surface area (Å²) in [5.41, 5.74) is 7.61. The van der Waals surface area contributed by atoms with Crippen LogP contribution in [0.2, 0.25) is 0 Å². The molecular weight excluding hydrogens is 254 g/mol. The molecule has 1 aromatic heterocycles. The SMILES string of the molecule is COc1cccc(C(CN)C(O)c2cc(C)oc2C)c1. The third kappa shape index (κ3) is 2.86. The number of nitrogens with two attached hydrogens (primary N) is 1. The number of ether oxygens (including phenoxy) is 1. The van der Waals surface area contributed by atoms with E-state index in [0.717, 1.165) is 28.4 Å². The number of hydrogen-bond acceptors (Lipinski definition) is 4. The molecule has 4 heteroatoms. The standard InChI is InChI=1S/C16H21NO3/c1-10-7-14(11(2)20-10)16(18)15(9-17)12-5-4-6-13(8-12)19-3/h4-8,15-16,18H,9,17H2,1-3H3. The van der Waals surface area contributed by atoms with E-state index in [2.05, 4.69) is 0 Å². The molecule has 0 radical (unpaired) electrons. The number of hydrogen-bond donors (Lipinski definition) is 2. The number of aliphatic hydroxyl groups is 1. The Morgan fingerprint density at radius 1 is 1.30 bits per heavy atom. The van der Waals surface area contributed by atoms with Crippen molar-refractivity contribution in [3.05, 3.63) is 53.0 Å². The third-order valence-corrected chi connectivity index (χ3v) is 3.56. The Morgan fingerprint density at radius 3 is 2.60 bits per heavy atom. The van der Waals surface area contributed by atoms with E-state index in [1.807, 2.05) is 44.2 Å². The number of aliphatic hydroxyl groups excluding tert-OH is 1. The molecule has 108 valence electrons. The molecule has 20 heavy (non-hydrogen) atoms. The molecule has 3 N–H and O–H groups in total. The molecule has 0 spiro atoms. The maximum Gasteiger partial charge on any atom is 0.119 e. The van der Waals surface area contributed by atoms with Gasteiger partial charge in [0, 0.05) is 18.0 Å². The predicted molar refractivity (Wildman–Crippen MR) is 77.9 cm³/mol. The van der Waals surface area contributed by atoms with Crippen LogP contribution < -0.4 is 10.5 Å². The van der Waals surface area contributed by atoms with Crippen LogP contribution in [0.5, 0.6) is 5.75 Å². The molecule has 2 atom stereocenters. The van der Waals surface area contributed by atoms with E-state index in [1.165, 1.54) is 0 Å². The van der Waals surface area contributed by atoms with Gasteiger partial charge in [-0.3, -0.25) is 0 Å². The zero-order valence-corrected chi connectivity index (χ0v) is 12.1. The second kappa shape index (κ2) is 6.11. The molecule has 0 saturated heterocycles. The molecule has 0 aliphatic rings. The van der Waals surface area contributed by atoms with Crippen LogP contribution in [0.25, 0.3) is 0 Å². The minimum Gasteiger partial charge on any atom is -0.497 e. The first-order valence-corrected chi connectivity index (χ1v) is 6.65. The van der Waals surface area contributed by atoms with Gasteiger partial charge in [0.05, 0.1) is 13.2 Å². The van der Waals surface area contributed by atoms with E-state index in [9.17, 15) is 5.11 Å². The van der Waals surface area contributed by atoms with Crippen molar-refractivity contribution in [3.63, 3.8) is 0 Å². The fourth-order valence-corrected chi connectivity index (χ4v) is 2.48. The lowest BCUT2D eigenvalue weighted by Gasteiger charge is -2.22. The summed E-state index contributed by atoms with van der Waals surface area (Å²) in [7, 11) is 1.62. The Morgan fingerprint density at radius 2 is 2.05 bits per heavy atom. The average Bonchev–Trinajstić information content (AvgIpc) is 2.78. The van der Waals surface area contributed by atoms with Crippen molar-refractivity contribution in [2.75, 3.05) is 13.7 Å². The van der Waals surface area contributed by atoms with Gasteiger partial charge in [-0.2, -0.15) is 0 Å². The van der Waals surface area contributed by atoms with Crippen LogP contribution in [-0.4, -0.2) is 18.8 Å². The van der Waals surface area contributed by atoms with Crippen molar-refractivity contribution < 1.29 is 14.3 Å². The van der Waals surface area contributed by atoms with Crippen LogP contribution in [0.15, 0.2) is 34.7 Å². The van der Waals surface area contributed by atoms with Gasteiger partial charge >= 0.3 is 0 Å². The summed E-state index contributed by atoms with van der Waals surface area (Å²) in [6.07, 6.45) is -0.690. The van der Waals surface area contributed by atoms with Crippen LogP contribution in [0.4, 0.5) is 0 Å². The van der Waals surface area contributed by atoms with Gasteiger partial charge in [0.25, 0.3) is 0 Å². The highest BCUT2D eigenvalue weighted by atomic mass is 16.5. The molecule has 2 aromatic rings. The molecule has 2 unspecified atom stereocenters. The Labute approximate surface area is 119 Å². The van der Waals surface area contributed by atoms with Gasteiger partial charge in [0.15, 0.2) is 0 Å². The Hall–Kier alpha value is -1.78. The van der Waals surface area contributed by atoms with E-state index in [-0.39, 0.29) is 5.92 Å². The van der Waals surface area contributed by atoms with Gasteiger partial charge in [-0.15, -0.1) is 0 Å². The predicted octanol–water partition coefficient (Wildman–Crippen LogP) is 2.68. The second-order valence-corrected chi connectivity index (χ2v) is 4.93. The van der Waals surface area contributed by atoms with Gasteiger partial charge in [-0.1, -0.05) is 12.1 Å². The summed E-state index contributed by atoms with van der Waals surface area (Å²) >= 11 is 0. The molecule has 0 aliphatic heterocycles. The number of aryl methyl sites for hydroxylation is 2. The average molecular weight is 275 g/mol. The molecule has 1 heterocycles. The normalized spacial score (nSPS) is 14.1. The zero-order valence-electron chi connectivity index (χ0n) is 12.1. The lowest BCUT2D eigenvalue weighted by molar-refractivity contribution is 0.145. The van der Waals surface area contributed by atoms with Crippen LogP contribution in [0.3, 0.4) is 0 Å². The Bertz CT molecular complexity index is 577. The minimum atomic E-state index is -0.690. The molecule has 4 nitrogen and oxygen atoms in total. The smallest absolute Gasteiger partial charge is 0.119 e. The van der Waals surface area contributed by atoms with Gasteiger partial charge in [0.1, 0.15) is 17.3 Å². The monoisotopic (exact) mass is 275 g/mol. The summed E-state index contributed by atoms with van der Waals surface area (Å²) in [6.45, 7) is 4.06. The van der Waals surface area contributed by atoms with Crippen LogP contribution in [-0.2, 0) is 0 Å². The Balaban J connectivity index is 2.33. The Kier molecular flexibility index (Phi) is 4.47. The van der Waals surface area contributed by atoms with Crippen LogP contribution >= 0.6 is 0 Å². The van der Waals surface area contributed by atoms with Gasteiger partial charge in [-0.05, 0) is 37.6 Å². The van der Waals surface area contributed by atoms with E-state index in [4.69, 9.17) is 14.9 Å². The summed E-state index contributed by atoms with van der Waals surface area (Å²) in [5, 5.41) is 10.6. The fourth-order valence-electron chi connectivity index (χ4n) is 2.48. The summed E-state index contributed by atoms with van der Waals surface area (Å²) in [4.78, 5) is 0. The van der Waals surface area contributed by atoms with E-state index in [0.29, 0.717) is 6.54 Å². The molecule has 0 aliphatic carbocycles. The zero-order chi connectivity index (χ0) is 14.7. The van der Waals surface area contributed by atoms with Crippen molar-refractivity contribution in [1.82, 2.24) is 0 Å². The number of furan rings is 1. The first-order chi connectivity index (χ1) is 9.56. The first kappa shape index (κ1) is 14.6. The highest BCUT2D eigenvalue weighted by Crippen LogP contribution is 2.34. The summed E-state index contributed by atoms with van der Waals surface area (Å²) in [5.74, 6) is 2.09. The topological polar surface area (TPSA) is 68.6 Å². The highest BCUT2D eigenvalue weighted by Gasteiger charge is 2.25. The third-order valence-electron chi connectivity index (χ3n) is 3.56. The largest absolute Gasteiger partial charge is 0.497 e. The summed E-state index contributed by atoms with van der Waals surface area (Å²) < 4.78 is 10.7. The molecule has 0 amide bonds. The molecule has 0 saturated carbocycles. The first-order valence-electron chi connectivity index (χ1n) is 6.65. The lowest BCUT2D eigenvalue weighted by atomic mass is 9.89. The van der Waals surface area contributed by atoms with Crippen LogP contribution in [0, 0.1) is 13.8 Å². The molecule has 0 bridgehead atoms. The van der Waals surface area contributed by atoms with Gasteiger partial charge in [0.2, 0.25) is 0 Å². The van der Waals surface area contributed by atoms with Crippen molar-refractivity contribution in [2.24, 2.45) is 5.73 Å². The molecule has 0 fully saturated rings. The summed E-state index contributed by atoms with van der Waals surface area (Å²) in [6, 6.07) is 9.49. The van der Waals surface area contributed by atoms with E-state index >= 15 is 0 Å². The second-order valence-electron chi connectivity index (χ2n) is 4.93. The number of methoxy groups -OCH3 is 1. The van der Waals surface area contributed by atoms with Gasteiger partial charge < -0.3 is 20.0 Å². The molecular formula is C16H21NO3.